The van der Waals surface area contributed by atoms with Crippen LogP contribution in [0.3, 0.4) is 0 Å². The molecule has 96 valence electrons. The molecule has 0 spiro atoms. The van der Waals surface area contributed by atoms with E-state index in [1.54, 1.807) is 11.3 Å². The van der Waals surface area contributed by atoms with Crippen molar-refractivity contribution in [2.45, 2.75) is 25.5 Å². The van der Waals surface area contributed by atoms with Crippen LogP contribution in [0.1, 0.15) is 23.0 Å². The molecule has 1 fully saturated rings. The summed E-state index contributed by atoms with van der Waals surface area (Å²) in [5.74, 6) is 0. The van der Waals surface area contributed by atoms with Crippen LogP contribution in [-0.2, 0) is 0 Å². The summed E-state index contributed by atoms with van der Waals surface area (Å²) in [5.41, 5.74) is 1.21. The second kappa shape index (κ2) is 5.48. The number of likely N-dealkylation sites (N-methyl/N-ethyl adjacent to an activating group) is 2. The SMILES string of the molecule is Cc1ccsc1C(O)C1CN(C)CCCN1C. The van der Waals surface area contributed by atoms with E-state index in [9.17, 15) is 5.11 Å². The van der Waals surface area contributed by atoms with Crippen molar-refractivity contribution in [3.05, 3.63) is 21.9 Å². The Labute approximate surface area is 108 Å². The van der Waals surface area contributed by atoms with Gasteiger partial charge in [-0.3, -0.25) is 4.90 Å². The summed E-state index contributed by atoms with van der Waals surface area (Å²) in [6.45, 7) is 5.21. The zero-order valence-corrected chi connectivity index (χ0v) is 11.7. The van der Waals surface area contributed by atoms with E-state index in [0.717, 1.165) is 24.5 Å². The molecule has 17 heavy (non-hydrogen) atoms. The number of rotatable bonds is 2. The second-order valence-electron chi connectivity index (χ2n) is 5.08. The highest BCUT2D eigenvalue weighted by molar-refractivity contribution is 7.10. The zero-order valence-electron chi connectivity index (χ0n) is 10.9. The fourth-order valence-electron chi connectivity index (χ4n) is 2.51. The van der Waals surface area contributed by atoms with E-state index in [1.807, 2.05) is 0 Å². The molecule has 2 unspecified atom stereocenters. The molecule has 1 aromatic heterocycles. The first-order chi connectivity index (χ1) is 8.09. The number of hydrogen-bond donors (Lipinski definition) is 1. The van der Waals surface area contributed by atoms with E-state index >= 15 is 0 Å². The van der Waals surface area contributed by atoms with E-state index in [-0.39, 0.29) is 12.1 Å². The molecule has 2 heterocycles. The molecule has 4 heteroatoms. The third-order valence-corrected chi connectivity index (χ3v) is 4.74. The van der Waals surface area contributed by atoms with Crippen molar-refractivity contribution < 1.29 is 5.11 Å². The van der Waals surface area contributed by atoms with Gasteiger partial charge in [0.25, 0.3) is 0 Å². The maximum atomic E-state index is 10.6. The van der Waals surface area contributed by atoms with Gasteiger partial charge in [-0.1, -0.05) is 0 Å². The topological polar surface area (TPSA) is 26.7 Å². The van der Waals surface area contributed by atoms with E-state index in [0.29, 0.717) is 0 Å². The van der Waals surface area contributed by atoms with Crippen molar-refractivity contribution in [3.8, 4) is 0 Å². The first-order valence-corrected chi connectivity index (χ1v) is 7.08. The van der Waals surface area contributed by atoms with Crippen LogP contribution in [0.2, 0.25) is 0 Å². The maximum Gasteiger partial charge on any atom is 0.105 e. The van der Waals surface area contributed by atoms with Gasteiger partial charge in [-0.15, -0.1) is 11.3 Å². The minimum Gasteiger partial charge on any atom is -0.386 e. The maximum absolute atomic E-state index is 10.6. The Morgan fingerprint density at radius 3 is 2.82 bits per heavy atom. The first-order valence-electron chi connectivity index (χ1n) is 6.20. The predicted octanol–water partition coefficient (Wildman–Crippen LogP) is 1.73. The van der Waals surface area contributed by atoms with Crippen LogP contribution in [0, 0.1) is 6.92 Å². The molecule has 1 aliphatic heterocycles. The van der Waals surface area contributed by atoms with Crippen molar-refractivity contribution in [2.75, 3.05) is 33.7 Å². The van der Waals surface area contributed by atoms with Crippen LogP contribution >= 0.6 is 11.3 Å². The van der Waals surface area contributed by atoms with Crippen LogP contribution in [-0.4, -0.2) is 54.7 Å². The van der Waals surface area contributed by atoms with Crippen molar-refractivity contribution >= 4 is 11.3 Å². The highest BCUT2D eigenvalue weighted by Gasteiger charge is 2.29. The molecule has 1 aromatic rings. The van der Waals surface area contributed by atoms with Gasteiger partial charge >= 0.3 is 0 Å². The highest BCUT2D eigenvalue weighted by Crippen LogP contribution is 2.29. The molecule has 0 aliphatic carbocycles. The molecular weight excluding hydrogens is 232 g/mol. The average Bonchev–Trinajstić information content (AvgIpc) is 2.63. The van der Waals surface area contributed by atoms with Crippen molar-refractivity contribution in [3.63, 3.8) is 0 Å². The number of aliphatic hydroxyl groups excluding tert-OH is 1. The van der Waals surface area contributed by atoms with Gasteiger partial charge in [-0.2, -0.15) is 0 Å². The molecule has 2 atom stereocenters. The van der Waals surface area contributed by atoms with E-state index in [2.05, 4.69) is 42.3 Å². The van der Waals surface area contributed by atoms with Crippen molar-refractivity contribution in [1.29, 1.82) is 0 Å². The van der Waals surface area contributed by atoms with Crippen molar-refractivity contribution in [1.82, 2.24) is 9.80 Å². The summed E-state index contributed by atoms with van der Waals surface area (Å²) in [4.78, 5) is 5.74. The highest BCUT2D eigenvalue weighted by atomic mass is 32.1. The normalized spacial score (nSPS) is 25.8. The lowest BCUT2D eigenvalue weighted by molar-refractivity contribution is 0.0593. The fraction of sp³-hybridized carbons (Fsp3) is 0.692. The minimum absolute atomic E-state index is 0.208. The minimum atomic E-state index is -0.361. The number of aryl methyl sites for hydroxylation is 1. The fourth-order valence-corrected chi connectivity index (χ4v) is 3.48. The molecule has 0 amide bonds. The van der Waals surface area contributed by atoms with E-state index in [1.165, 1.54) is 12.0 Å². The summed E-state index contributed by atoms with van der Waals surface area (Å²) in [6.07, 6.45) is 0.820. The number of hydrogen-bond acceptors (Lipinski definition) is 4. The predicted molar refractivity (Wildman–Crippen MR) is 72.5 cm³/mol. The summed E-state index contributed by atoms with van der Waals surface area (Å²) in [6, 6.07) is 2.30. The van der Waals surface area contributed by atoms with Crippen LogP contribution in [0.5, 0.6) is 0 Å². The first kappa shape index (κ1) is 13.0. The van der Waals surface area contributed by atoms with Gasteiger partial charge in [0.15, 0.2) is 0 Å². The lowest BCUT2D eigenvalue weighted by Crippen LogP contribution is -2.42. The van der Waals surface area contributed by atoms with Gasteiger partial charge < -0.3 is 10.0 Å². The molecule has 0 aromatic carbocycles. The Morgan fingerprint density at radius 2 is 2.18 bits per heavy atom. The molecule has 2 rings (SSSR count). The Kier molecular flexibility index (Phi) is 4.20. The lowest BCUT2D eigenvalue weighted by atomic mass is 10.1. The number of thiophene rings is 1. The smallest absolute Gasteiger partial charge is 0.105 e. The van der Waals surface area contributed by atoms with Crippen LogP contribution in [0.4, 0.5) is 0 Å². The summed E-state index contributed by atoms with van der Waals surface area (Å²) in [5, 5.41) is 12.6. The molecular formula is C13H22N2OS. The monoisotopic (exact) mass is 254 g/mol. The third kappa shape index (κ3) is 2.88. The van der Waals surface area contributed by atoms with E-state index < -0.39 is 0 Å². The Balaban J connectivity index is 2.16. The standard InChI is InChI=1S/C13H22N2OS/c1-10-5-8-17-13(10)12(16)11-9-14(2)6-4-7-15(11)3/h5,8,11-12,16H,4,6-7,9H2,1-3H3. The molecule has 0 bridgehead atoms. The molecule has 1 saturated heterocycles. The molecule has 0 radical (unpaired) electrons. The largest absolute Gasteiger partial charge is 0.386 e. The van der Waals surface area contributed by atoms with Gasteiger partial charge in [0.2, 0.25) is 0 Å². The van der Waals surface area contributed by atoms with Gasteiger partial charge in [0.05, 0.1) is 6.04 Å². The number of nitrogens with zero attached hydrogens (tertiary/aromatic N) is 2. The van der Waals surface area contributed by atoms with Crippen LogP contribution in [0.15, 0.2) is 11.4 Å². The molecule has 1 N–H and O–H groups in total. The van der Waals surface area contributed by atoms with Crippen molar-refractivity contribution in [2.24, 2.45) is 0 Å². The van der Waals surface area contributed by atoms with Crippen LogP contribution < -0.4 is 0 Å². The summed E-state index contributed by atoms with van der Waals surface area (Å²) in [7, 11) is 4.26. The molecule has 0 saturated carbocycles. The van der Waals surface area contributed by atoms with Gasteiger partial charge in [0.1, 0.15) is 6.10 Å². The summed E-state index contributed by atoms with van der Waals surface area (Å²) < 4.78 is 0. The van der Waals surface area contributed by atoms with Gasteiger partial charge in [-0.05, 0) is 57.5 Å². The zero-order chi connectivity index (χ0) is 12.4. The van der Waals surface area contributed by atoms with Gasteiger partial charge in [0, 0.05) is 11.4 Å². The van der Waals surface area contributed by atoms with Crippen LogP contribution in [0.25, 0.3) is 0 Å². The Hall–Kier alpha value is -0.420. The van der Waals surface area contributed by atoms with E-state index in [4.69, 9.17) is 0 Å². The average molecular weight is 254 g/mol. The van der Waals surface area contributed by atoms with Gasteiger partial charge in [-0.25, -0.2) is 0 Å². The summed E-state index contributed by atoms with van der Waals surface area (Å²) >= 11 is 1.67. The molecule has 3 nitrogen and oxygen atoms in total. The third-order valence-electron chi connectivity index (χ3n) is 3.65. The molecule has 1 aliphatic rings. The second-order valence-corrected chi connectivity index (χ2v) is 6.02. The Bertz CT molecular complexity index is 366. The lowest BCUT2D eigenvalue weighted by Gasteiger charge is -2.31. The quantitative estimate of drug-likeness (QED) is 0.870. The number of aliphatic hydroxyl groups is 1. The Morgan fingerprint density at radius 1 is 1.41 bits per heavy atom.